The maximum Gasteiger partial charge on any atom is 0.0952 e. The summed E-state index contributed by atoms with van der Waals surface area (Å²) in [6, 6.07) is 10.9. The third kappa shape index (κ3) is 3.32. The van der Waals surface area contributed by atoms with Crippen LogP contribution in [0.1, 0.15) is 28.6 Å². The second-order valence-electron chi connectivity index (χ2n) is 5.68. The van der Waals surface area contributed by atoms with Crippen LogP contribution in [0.15, 0.2) is 30.3 Å². The van der Waals surface area contributed by atoms with Gasteiger partial charge in [0.2, 0.25) is 0 Å². The van der Waals surface area contributed by atoms with Crippen molar-refractivity contribution in [2.24, 2.45) is 0 Å². The highest BCUT2D eigenvalue weighted by Crippen LogP contribution is 2.34. The summed E-state index contributed by atoms with van der Waals surface area (Å²) in [4.78, 5) is 4.48. The van der Waals surface area contributed by atoms with Gasteiger partial charge in [-0.1, -0.05) is 18.2 Å². The van der Waals surface area contributed by atoms with Gasteiger partial charge in [0.05, 0.1) is 12.7 Å². The fourth-order valence-corrected chi connectivity index (χ4v) is 3.19. The van der Waals surface area contributed by atoms with Crippen molar-refractivity contribution in [2.45, 2.75) is 26.4 Å². The first-order chi connectivity index (χ1) is 10.2. The average molecular weight is 319 g/mol. The number of likely N-dealkylation sites (N-methyl/N-ethyl adjacent to an activating group) is 1. The monoisotopic (exact) mass is 318 g/mol. The number of hydrogen-bond acceptors (Lipinski definition) is 3. The molecule has 1 aromatic heterocycles. The zero-order valence-electron chi connectivity index (χ0n) is 13.3. The average Bonchev–Trinajstić information content (AvgIpc) is 2.46. The number of rotatable bonds is 3. The van der Waals surface area contributed by atoms with Crippen LogP contribution >= 0.6 is 12.4 Å². The number of nitrogens with zero attached hydrogens (tertiary/aromatic N) is 1. The van der Waals surface area contributed by atoms with E-state index in [2.05, 4.69) is 54.5 Å². The molecule has 22 heavy (non-hydrogen) atoms. The summed E-state index contributed by atoms with van der Waals surface area (Å²) in [5.41, 5.74) is 7.48. The lowest BCUT2D eigenvalue weighted by molar-refractivity contribution is 0.0440. The fraction of sp³-hybridized carbons (Fsp3) is 0.389. The van der Waals surface area contributed by atoms with Crippen molar-refractivity contribution in [2.75, 3.05) is 20.2 Å². The Morgan fingerprint density at radius 2 is 1.95 bits per heavy atom. The zero-order valence-corrected chi connectivity index (χ0v) is 14.2. The minimum atomic E-state index is 0. The molecule has 4 heteroatoms. The highest BCUT2D eigenvalue weighted by atomic mass is 35.5. The van der Waals surface area contributed by atoms with Gasteiger partial charge in [-0.05, 0) is 61.7 Å². The third-order valence-corrected chi connectivity index (χ3v) is 4.01. The number of fused-ring (bicyclic) bond motifs is 1. The van der Waals surface area contributed by atoms with Gasteiger partial charge in [-0.2, -0.15) is 0 Å². The molecule has 0 saturated carbocycles. The molecule has 0 aliphatic carbocycles. The molecule has 1 atom stereocenters. The van der Waals surface area contributed by atoms with E-state index in [1.54, 1.807) is 0 Å². The second-order valence-corrected chi connectivity index (χ2v) is 5.68. The topological polar surface area (TPSA) is 34.1 Å². The molecule has 2 heterocycles. The summed E-state index contributed by atoms with van der Waals surface area (Å²) < 4.78 is 5.91. The SMILES string of the molecule is CNC[C@@H]1OCCc2c(-c3cc(C)nc(C)c3)cccc21.Cl. The molecule has 3 rings (SSSR count). The van der Waals surface area contributed by atoms with Crippen LogP contribution < -0.4 is 5.32 Å². The van der Waals surface area contributed by atoms with Gasteiger partial charge in [0.1, 0.15) is 0 Å². The van der Waals surface area contributed by atoms with Crippen LogP contribution in [0.4, 0.5) is 0 Å². The van der Waals surface area contributed by atoms with Gasteiger partial charge in [0.25, 0.3) is 0 Å². The molecule has 0 radical (unpaired) electrons. The molecule has 118 valence electrons. The van der Waals surface area contributed by atoms with Crippen molar-refractivity contribution in [1.29, 1.82) is 0 Å². The Morgan fingerprint density at radius 3 is 2.64 bits per heavy atom. The molecule has 1 aliphatic rings. The molecule has 2 aromatic rings. The first-order valence-electron chi connectivity index (χ1n) is 7.52. The largest absolute Gasteiger partial charge is 0.372 e. The van der Waals surface area contributed by atoms with Crippen LogP contribution in [-0.4, -0.2) is 25.2 Å². The Balaban J connectivity index is 0.00000176. The Kier molecular flexibility index (Phi) is 5.57. The number of hydrogen-bond donors (Lipinski definition) is 1. The molecular weight excluding hydrogens is 296 g/mol. The van der Waals surface area contributed by atoms with Crippen LogP contribution in [0, 0.1) is 13.8 Å². The summed E-state index contributed by atoms with van der Waals surface area (Å²) in [5, 5.41) is 3.22. The van der Waals surface area contributed by atoms with E-state index in [1.807, 2.05) is 7.05 Å². The van der Waals surface area contributed by atoms with E-state index in [0.29, 0.717) is 0 Å². The van der Waals surface area contributed by atoms with E-state index >= 15 is 0 Å². The highest BCUT2D eigenvalue weighted by molar-refractivity contribution is 5.85. The Labute approximate surface area is 138 Å². The smallest absolute Gasteiger partial charge is 0.0952 e. The quantitative estimate of drug-likeness (QED) is 0.938. The van der Waals surface area contributed by atoms with Crippen molar-refractivity contribution in [3.8, 4) is 11.1 Å². The summed E-state index contributed by atoms with van der Waals surface area (Å²) in [6.45, 7) is 5.75. The molecule has 0 bridgehead atoms. The standard InChI is InChI=1S/C18H22N2O.ClH/c1-12-9-14(10-13(2)20-12)15-5-4-6-17-16(15)7-8-21-18(17)11-19-3;/h4-6,9-10,18-19H,7-8,11H2,1-3H3;1H/t18-;/m0./s1. The molecule has 0 saturated heterocycles. The number of benzene rings is 1. The van der Waals surface area contributed by atoms with Crippen LogP contribution in [-0.2, 0) is 11.2 Å². The molecule has 1 N–H and O–H groups in total. The number of aryl methyl sites for hydroxylation is 2. The number of ether oxygens (including phenoxy) is 1. The lowest BCUT2D eigenvalue weighted by atomic mass is 9.89. The van der Waals surface area contributed by atoms with Gasteiger partial charge < -0.3 is 10.1 Å². The highest BCUT2D eigenvalue weighted by Gasteiger charge is 2.22. The Hall–Kier alpha value is -1.42. The van der Waals surface area contributed by atoms with Gasteiger partial charge in [-0.15, -0.1) is 12.4 Å². The summed E-state index contributed by atoms with van der Waals surface area (Å²) in [6.07, 6.45) is 1.13. The number of aromatic nitrogens is 1. The van der Waals surface area contributed by atoms with Crippen LogP contribution in [0.25, 0.3) is 11.1 Å². The van der Waals surface area contributed by atoms with E-state index < -0.39 is 0 Å². The van der Waals surface area contributed by atoms with Crippen molar-refractivity contribution < 1.29 is 4.74 Å². The van der Waals surface area contributed by atoms with Gasteiger partial charge in [-0.25, -0.2) is 0 Å². The van der Waals surface area contributed by atoms with Crippen molar-refractivity contribution >= 4 is 12.4 Å². The van der Waals surface area contributed by atoms with Crippen molar-refractivity contribution in [3.63, 3.8) is 0 Å². The predicted molar refractivity (Wildman–Crippen MR) is 92.7 cm³/mol. The van der Waals surface area contributed by atoms with Crippen LogP contribution in [0.3, 0.4) is 0 Å². The molecule has 1 aromatic carbocycles. The maximum absolute atomic E-state index is 5.91. The van der Waals surface area contributed by atoms with Crippen molar-refractivity contribution in [3.05, 3.63) is 52.8 Å². The molecule has 1 aliphatic heterocycles. The minimum absolute atomic E-state index is 0. The predicted octanol–water partition coefficient (Wildman–Crippen LogP) is 3.62. The number of pyridine rings is 1. The Morgan fingerprint density at radius 1 is 1.23 bits per heavy atom. The minimum Gasteiger partial charge on any atom is -0.372 e. The normalized spacial score (nSPS) is 16.8. The summed E-state index contributed by atoms with van der Waals surface area (Å²) in [7, 11) is 1.97. The van der Waals surface area contributed by atoms with E-state index in [-0.39, 0.29) is 18.5 Å². The van der Waals surface area contributed by atoms with E-state index in [4.69, 9.17) is 4.74 Å². The van der Waals surface area contributed by atoms with Crippen LogP contribution in [0.2, 0.25) is 0 Å². The Bertz CT molecular complexity index is 637. The lowest BCUT2D eigenvalue weighted by Gasteiger charge is -2.28. The zero-order chi connectivity index (χ0) is 14.8. The molecular formula is C18H23ClN2O. The third-order valence-electron chi connectivity index (χ3n) is 4.01. The van der Waals surface area contributed by atoms with E-state index in [1.165, 1.54) is 22.3 Å². The molecule has 3 nitrogen and oxygen atoms in total. The van der Waals surface area contributed by atoms with Gasteiger partial charge in [0, 0.05) is 17.9 Å². The molecule has 0 unspecified atom stereocenters. The van der Waals surface area contributed by atoms with Gasteiger partial charge >= 0.3 is 0 Å². The van der Waals surface area contributed by atoms with E-state index in [0.717, 1.165) is 31.0 Å². The molecule has 0 fully saturated rings. The molecule has 0 amide bonds. The lowest BCUT2D eigenvalue weighted by Crippen LogP contribution is -2.25. The summed E-state index contributed by atoms with van der Waals surface area (Å²) >= 11 is 0. The van der Waals surface area contributed by atoms with Crippen LogP contribution in [0.5, 0.6) is 0 Å². The first kappa shape index (κ1) is 16.9. The van der Waals surface area contributed by atoms with E-state index in [9.17, 15) is 0 Å². The maximum atomic E-state index is 5.91. The van der Waals surface area contributed by atoms with Gasteiger partial charge in [-0.3, -0.25) is 4.98 Å². The number of halogens is 1. The fourth-order valence-electron chi connectivity index (χ4n) is 3.19. The van der Waals surface area contributed by atoms with Crippen molar-refractivity contribution in [1.82, 2.24) is 10.3 Å². The van der Waals surface area contributed by atoms with Gasteiger partial charge in [0.15, 0.2) is 0 Å². The number of nitrogens with one attached hydrogen (secondary N) is 1. The second kappa shape index (κ2) is 7.23. The molecule has 0 spiro atoms. The first-order valence-corrected chi connectivity index (χ1v) is 7.52. The summed E-state index contributed by atoms with van der Waals surface area (Å²) in [5.74, 6) is 0.